The molecular formula is C17H24N2O. The van der Waals surface area contributed by atoms with Gasteiger partial charge in [0, 0.05) is 24.0 Å². The van der Waals surface area contributed by atoms with Gasteiger partial charge < -0.3 is 9.88 Å². The van der Waals surface area contributed by atoms with Gasteiger partial charge >= 0.3 is 0 Å². The molecule has 1 N–H and O–H groups in total. The van der Waals surface area contributed by atoms with Crippen LogP contribution in [0.5, 0.6) is 0 Å². The Bertz CT molecular complexity index is 607. The van der Waals surface area contributed by atoms with Crippen LogP contribution in [-0.2, 0) is 0 Å². The maximum atomic E-state index is 12.7. The fraction of sp³-hybridized carbons (Fsp3) is 0.471. The third-order valence-corrected chi connectivity index (χ3v) is 3.70. The molecule has 0 fully saturated rings. The second-order valence-corrected chi connectivity index (χ2v) is 5.47. The predicted octanol–water partition coefficient (Wildman–Crippen LogP) is 4.05. The van der Waals surface area contributed by atoms with Gasteiger partial charge in [0.15, 0.2) is 0 Å². The van der Waals surface area contributed by atoms with Crippen LogP contribution in [0.25, 0.3) is 10.9 Å². The Morgan fingerprint density at radius 2 is 1.80 bits per heavy atom. The van der Waals surface area contributed by atoms with Gasteiger partial charge in [-0.3, -0.25) is 4.79 Å². The van der Waals surface area contributed by atoms with Crippen molar-refractivity contribution in [2.75, 3.05) is 13.1 Å². The number of benzene rings is 1. The molecule has 1 aromatic carbocycles. The number of hydrogen-bond donors (Lipinski definition) is 1. The van der Waals surface area contributed by atoms with Crippen molar-refractivity contribution in [2.24, 2.45) is 0 Å². The Morgan fingerprint density at radius 3 is 2.40 bits per heavy atom. The second-order valence-electron chi connectivity index (χ2n) is 5.47. The first-order valence-corrected chi connectivity index (χ1v) is 7.46. The van der Waals surface area contributed by atoms with Crippen LogP contribution in [-0.4, -0.2) is 28.9 Å². The Morgan fingerprint density at radius 1 is 1.15 bits per heavy atom. The van der Waals surface area contributed by atoms with Crippen molar-refractivity contribution in [3.8, 4) is 0 Å². The van der Waals surface area contributed by atoms with Crippen LogP contribution in [0.1, 0.15) is 48.3 Å². The molecule has 0 saturated heterocycles. The van der Waals surface area contributed by atoms with Gasteiger partial charge in [0.25, 0.3) is 5.91 Å². The number of hydrogen-bond acceptors (Lipinski definition) is 1. The van der Waals surface area contributed by atoms with Crippen LogP contribution in [0.15, 0.2) is 18.2 Å². The fourth-order valence-electron chi connectivity index (χ4n) is 2.67. The van der Waals surface area contributed by atoms with Crippen molar-refractivity contribution < 1.29 is 4.79 Å². The first kappa shape index (κ1) is 14.6. The summed E-state index contributed by atoms with van der Waals surface area (Å²) in [7, 11) is 0. The van der Waals surface area contributed by atoms with Gasteiger partial charge in [-0.2, -0.15) is 0 Å². The Balaban J connectivity index is 2.40. The molecule has 0 aliphatic carbocycles. The van der Waals surface area contributed by atoms with E-state index < -0.39 is 0 Å². The standard InChI is InChI=1S/C17H24N2O/c1-5-9-19(10-6-2)17(20)16-13(4)14-11-12(3)7-8-15(14)18-16/h7-8,11,18H,5-6,9-10H2,1-4H3. The molecule has 0 atom stereocenters. The van der Waals surface area contributed by atoms with Crippen molar-refractivity contribution in [1.82, 2.24) is 9.88 Å². The molecule has 20 heavy (non-hydrogen) atoms. The fourth-order valence-corrected chi connectivity index (χ4v) is 2.67. The number of nitrogens with zero attached hydrogens (tertiary/aromatic N) is 1. The number of amides is 1. The summed E-state index contributed by atoms with van der Waals surface area (Å²) in [5.41, 5.74) is 4.07. The highest BCUT2D eigenvalue weighted by Gasteiger charge is 2.19. The molecule has 3 nitrogen and oxygen atoms in total. The van der Waals surface area contributed by atoms with E-state index in [0.717, 1.165) is 48.1 Å². The zero-order chi connectivity index (χ0) is 14.7. The molecule has 3 heteroatoms. The first-order valence-electron chi connectivity index (χ1n) is 7.46. The average Bonchev–Trinajstić information content (AvgIpc) is 2.75. The van der Waals surface area contributed by atoms with E-state index in [9.17, 15) is 4.79 Å². The molecule has 0 bridgehead atoms. The van der Waals surface area contributed by atoms with Crippen molar-refractivity contribution in [3.63, 3.8) is 0 Å². The molecule has 108 valence electrons. The summed E-state index contributed by atoms with van der Waals surface area (Å²) < 4.78 is 0. The lowest BCUT2D eigenvalue weighted by Crippen LogP contribution is -2.33. The topological polar surface area (TPSA) is 36.1 Å². The number of H-pyrrole nitrogens is 1. The highest BCUT2D eigenvalue weighted by atomic mass is 16.2. The van der Waals surface area contributed by atoms with E-state index in [1.165, 1.54) is 5.56 Å². The summed E-state index contributed by atoms with van der Waals surface area (Å²) in [6.07, 6.45) is 1.98. The Kier molecular flexibility index (Phi) is 4.48. The number of aryl methyl sites for hydroxylation is 2. The number of aromatic nitrogens is 1. The zero-order valence-electron chi connectivity index (χ0n) is 12.9. The molecule has 0 unspecified atom stereocenters. The monoisotopic (exact) mass is 272 g/mol. The molecule has 0 radical (unpaired) electrons. The number of carbonyl (C=O) groups excluding carboxylic acids is 1. The van der Waals surface area contributed by atoms with Crippen LogP contribution < -0.4 is 0 Å². The van der Waals surface area contributed by atoms with Gasteiger partial charge in [0.05, 0.1) is 0 Å². The van der Waals surface area contributed by atoms with E-state index in [-0.39, 0.29) is 5.91 Å². The molecule has 0 aliphatic rings. The third kappa shape index (κ3) is 2.72. The average molecular weight is 272 g/mol. The van der Waals surface area contributed by atoms with E-state index in [4.69, 9.17) is 0 Å². The second kappa shape index (κ2) is 6.12. The Labute approximate surface area is 121 Å². The quantitative estimate of drug-likeness (QED) is 0.876. The number of rotatable bonds is 5. The normalized spacial score (nSPS) is 11.0. The molecule has 0 saturated carbocycles. The molecule has 2 rings (SSSR count). The number of fused-ring (bicyclic) bond motifs is 1. The lowest BCUT2D eigenvalue weighted by atomic mass is 10.1. The summed E-state index contributed by atoms with van der Waals surface area (Å²) in [4.78, 5) is 17.9. The number of aromatic amines is 1. The van der Waals surface area contributed by atoms with Gasteiger partial charge in [0.1, 0.15) is 5.69 Å². The third-order valence-electron chi connectivity index (χ3n) is 3.70. The highest BCUT2D eigenvalue weighted by Crippen LogP contribution is 2.24. The lowest BCUT2D eigenvalue weighted by molar-refractivity contribution is 0.0750. The van der Waals surface area contributed by atoms with Gasteiger partial charge in [-0.25, -0.2) is 0 Å². The summed E-state index contributed by atoms with van der Waals surface area (Å²) in [5.74, 6) is 0.125. The Hall–Kier alpha value is -1.77. The minimum Gasteiger partial charge on any atom is -0.350 e. The number of nitrogens with one attached hydrogen (secondary N) is 1. The van der Waals surface area contributed by atoms with Crippen molar-refractivity contribution >= 4 is 16.8 Å². The van der Waals surface area contributed by atoms with Crippen LogP contribution in [0.2, 0.25) is 0 Å². The van der Waals surface area contributed by atoms with Gasteiger partial charge in [-0.05, 0) is 44.4 Å². The maximum Gasteiger partial charge on any atom is 0.270 e. The van der Waals surface area contributed by atoms with Gasteiger partial charge in [-0.1, -0.05) is 25.5 Å². The molecule has 2 aromatic rings. The van der Waals surface area contributed by atoms with Crippen LogP contribution >= 0.6 is 0 Å². The van der Waals surface area contributed by atoms with E-state index in [2.05, 4.69) is 44.0 Å². The SMILES string of the molecule is CCCN(CCC)C(=O)c1[nH]c2ccc(C)cc2c1C. The van der Waals surface area contributed by atoms with Crippen LogP contribution in [0.4, 0.5) is 0 Å². The van der Waals surface area contributed by atoms with Crippen LogP contribution in [0.3, 0.4) is 0 Å². The van der Waals surface area contributed by atoms with E-state index in [0.29, 0.717) is 0 Å². The van der Waals surface area contributed by atoms with Crippen molar-refractivity contribution in [1.29, 1.82) is 0 Å². The molecule has 1 amide bonds. The molecule has 1 heterocycles. The summed E-state index contributed by atoms with van der Waals surface area (Å²) in [6, 6.07) is 6.27. The summed E-state index contributed by atoms with van der Waals surface area (Å²) in [6.45, 7) is 9.96. The molecule has 0 spiro atoms. The van der Waals surface area contributed by atoms with Crippen molar-refractivity contribution in [3.05, 3.63) is 35.0 Å². The smallest absolute Gasteiger partial charge is 0.270 e. The lowest BCUT2D eigenvalue weighted by Gasteiger charge is -2.21. The molecule has 0 aliphatic heterocycles. The van der Waals surface area contributed by atoms with E-state index >= 15 is 0 Å². The zero-order valence-corrected chi connectivity index (χ0v) is 12.9. The molecule has 1 aromatic heterocycles. The van der Waals surface area contributed by atoms with Crippen molar-refractivity contribution in [2.45, 2.75) is 40.5 Å². The van der Waals surface area contributed by atoms with Gasteiger partial charge in [-0.15, -0.1) is 0 Å². The largest absolute Gasteiger partial charge is 0.350 e. The van der Waals surface area contributed by atoms with Crippen LogP contribution in [0, 0.1) is 13.8 Å². The minimum atomic E-state index is 0.125. The summed E-state index contributed by atoms with van der Waals surface area (Å²) in [5, 5.41) is 1.15. The molecular weight excluding hydrogens is 248 g/mol. The first-order chi connectivity index (χ1) is 9.58. The maximum absolute atomic E-state index is 12.7. The van der Waals surface area contributed by atoms with Gasteiger partial charge in [0.2, 0.25) is 0 Å². The van der Waals surface area contributed by atoms with E-state index in [1.54, 1.807) is 0 Å². The highest BCUT2D eigenvalue weighted by molar-refractivity contribution is 6.01. The minimum absolute atomic E-state index is 0.125. The predicted molar refractivity (Wildman–Crippen MR) is 84.3 cm³/mol. The summed E-state index contributed by atoms with van der Waals surface area (Å²) >= 11 is 0. The number of carbonyl (C=O) groups is 1. The van der Waals surface area contributed by atoms with E-state index in [1.807, 2.05) is 11.8 Å².